The fraction of sp³-hybridized carbons (Fsp3) is 0.296. The quantitative estimate of drug-likeness (QED) is 0.414. The fourth-order valence-electron chi connectivity index (χ4n) is 4.09. The van der Waals surface area contributed by atoms with Crippen LogP contribution in [0.25, 0.3) is 6.08 Å². The van der Waals surface area contributed by atoms with Crippen molar-refractivity contribution in [2.45, 2.75) is 39.7 Å². The molecule has 1 atom stereocenters. The van der Waals surface area contributed by atoms with Crippen molar-refractivity contribution in [2.24, 2.45) is 4.99 Å². The van der Waals surface area contributed by atoms with Gasteiger partial charge in [-0.1, -0.05) is 55.5 Å². The third-order valence-corrected chi connectivity index (χ3v) is 7.51. The molecule has 0 saturated heterocycles. The highest BCUT2D eigenvalue weighted by atomic mass is 79.9. The summed E-state index contributed by atoms with van der Waals surface area (Å²) in [6.07, 6.45) is 1.83. The zero-order valence-electron chi connectivity index (χ0n) is 20.3. The van der Waals surface area contributed by atoms with E-state index in [1.54, 1.807) is 25.5 Å². The maximum absolute atomic E-state index is 13.7. The second-order valence-electron chi connectivity index (χ2n) is 8.52. The van der Waals surface area contributed by atoms with Crippen molar-refractivity contribution in [3.63, 3.8) is 0 Å². The molecule has 1 unspecified atom stereocenters. The van der Waals surface area contributed by atoms with E-state index in [0.29, 0.717) is 32.3 Å². The van der Waals surface area contributed by atoms with Crippen LogP contribution in [0.3, 0.4) is 0 Å². The second-order valence-corrected chi connectivity index (χ2v) is 10.4. The van der Waals surface area contributed by atoms with E-state index in [1.165, 1.54) is 16.9 Å². The Morgan fingerprint density at radius 2 is 1.94 bits per heavy atom. The van der Waals surface area contributed by atoms with Gasteiger partial charge in [-0.3, -0.25) is 9.36 Å². The smallest absolute Gasteiger partial charge is 0.338 e. The van der Waals surface area contributed by atoms with Gasteiger partial charge in [0, 0.05) is 0 Å². The maximum atomic E-state index is 13.7. The molecule has 0 fully saturated rings. The summed E-state index contributed by atoms with van der Waals surface area (Å²) in [4.78, 5) is 31.9. The van der Waals surface area contributed by atoms with Crippen LogP contribution in [0, 0.1) is 0 Å². The Hall–Kier alpha value is -2.97. The third-order valence-electron chi connectivity index (χ3n) is 5.91. The molecule has 4 rings (SSSR count). The van der Waals surface area contributed by atoms with Crippen molar-refractivity contribution in [3.05, 3.63) is 94.6 Å². The standard InChI is InChI=1S/C27H27BrN2O4S/c1-6-34-26(32)23-16(4)29-27-30(24(23)19-10-8-18(9-11-19)15(2)3)25(31)22(35-27)14-17-7-12-21(33-5)20(28)13-17/h7-15,24H,6H2,1-5H3. The number of benzene rings is 2. The van der Waals surface area contributed by atoms with Crippen LogP contribution in [0.2, 0.25) is 0 Å². The molecule has 6 nitrogen and oxygen atoms in total. The van der Waals surface area contributed by atoms with Gasteiger partial charge in [0.1, 0.15) is 5.75 Å². The number of methoxy groups -OCH3 is 1. The monoisotopic (exact) mass is 554 g/mol. The molecule has 0 saturated carbocycles. The number of aromatic nitrogens is 1. The summed E-state index contributed by atoms with van der Waals surface area (Å²) in [6.45, 7) is 8.06. The molecule has 8 heteroatoms. The van der Waals surface area contributed by atoms with E-state index in [-0.39, 0.29) is 12.2 Å². The number of ether oxygens (including phenoxy) is 2. The summed E-state index contributed by atoms with van der Waals surface area (Å²) in [5, 5.41) is 0. The first kappa shape index (κ1) is 25.1. The van der Waals surface area contributed by atoms with Crippen LogP contribution in [0.1, 0.15) is 56.3 Å². The van der Waals surface area contributed by atoms with E-state index in [2.05, 4.69) is 34.8 Å². The van der Waals surface area contributed by atoms with Gasteiger partial charge in [-0.2, -0.15) is 0 Å². The molecular weight excluding hydrogens is 528 g/mol. The Balaban J connectivity index is 1.91. The Morgan fingerprint density at radius 3 is 2.54 bits per heavy atom. The first-order valence-corrected chi connectivity index (χ1v) is 13.0. The molecule has 3 aromatic rings. The van der Waals surface area contributed by atoms with E-state index in [9.17, 15) is 9.59 Å². The summed E-state index contributed by atoms with van der Waals surface area (Å²) in [6, 6.07) is 13.1. The molecule has 182 valence electrons. The molecule has 2 heterocycles. The third kappa shape index (κ3) is 4.90. The molecular formula is C27H27BrN2O4S. The van der Waals surface area contributed by atoms with Crippen LogP contribution in [0.5, 0.6) is 5.75 Å². The lowest BCUT2D eigenvalue weighted by atomic mass is 9.93. The Bertz CT molecular complexity index is 1480. The number of carbonyl (C=O) groups is 1. The average Bonchev–Trinajstić information content (AvgIpc) is 3.12. The molecule has 0 spiro atoms. The lowest BCUT2D eigenvalue weighted by Crippen LogP contribution is -2.39. The Labute approximate surface area is 216 Å². The molecule has 0 radical (unpaired) electrons. The Kier molecular flexibility index (Phi) is 7.42. The number of thiazole rings is 1. The summed E-state index contributed by atoms with van der Waals surface area (Å²) in [5.74, 6) is 0.625. The van der Waals surface area contributed by atoms with Crippen LogP contribution in [0.15, 0.2) is 68.0 Å². The first-order chi connectivity index (χ1) is 16.7. The minimum Gasteiger partial charge on any atom is -0.496 e. The summed E-state index contributed by atoms with van der Waals surface area (Å²) >= 11 is 4.80. The van der Waals surface area contributed by atoms with Gasteiger partial charge in [0.25, 0.3) is 5.56 Å². The van der Waals surface area contributed by atoms with Gasteiger partial charge >= 0.3 is 5.97 Å². The number of fused-ring (bicyclic) bond motifs is 1. The largest absolute Gasteiger partial charge is 0.496 e. The molecule has 1 aliphatic heterocycles. The lowest BCUT2D eigenvalue weighted by molar-refractivity contribution is -0.139. The number of carbonyl (C=O) groups excluding carboxylic acids is 1. The molecule has 2 aromatic carbocycles. The molecule has 0 aliphatic carbocycles. The summed E-state index contributed by atoms with van der Waals surface area (Å²) < 4.78 is 13.6. The molecule has 1 aromatic heterocycles. The van der Waals surface area contributed by atoms with Crippen LogP contribution in [-0.4, -0.2) is 24.3 Å². The number of halogens is 1. The van der Waals surface area contributed by atoms with Gasteiger partial charge in [0.05, 0.1) is 40.0 Å². The minimum atomic E-state index is -0.615. The van der Waals surface area contributed by atoms with Crippen LogP contribution >= 0.6 is 27.3 Å². The average molecular weight is 555 g/mol. The topological polar surface area (TPSA) is 69.9 Å². The number of esters is 1. The van der Waals surface area contributed by atoms with Crippen molar-refractivity contribution in [1.29, 1.82) is 0 Å². The number of hydrogen-bond acceptors (Lipinski definition) is 6. The van der Waals surface area contributed by atoms with Crippen molar-refractivity contribution in [1.82, 2.24) is 4.57 Å². The summed E-state index contributed by atoms with van der Waals surface area (Å²) in [5.41, 5.74) is 3.61. The SMILES string of the molecule is CCOC(=O)C1=C(C)N=c2sc(=Cc3ccc(OC)c(Br)c3)c(=O)n2C1c1ccc(C(C)C)cc1. The lowest BCUT2D eigenvalue weighted by Gasteiger charge is -2.25. The van der Waals surface area contributed by atoms with E-state index >= 15 is 0 Å². The predicted octanol–water partition coefficient (Wildman–Crippen LogP) is 4.69. The Morgan fingerprint density at radius 1 is 1.23 bits per heavy atom. The first-order valence-electron chi connectivity index (χ1n) is 11.4. The van der Waals surface area contributed by atoms with Crippen LogP contribution < -0.4 is 19.6 Å². The second kappa shape index (κ2) is 10.3. The van der Waals surface area contributed by atoms with Crippen molar-refractivity contribution in [3.8, 4) is 5.75 Å². The van der Waals surface area contributed by atoms with Crippen LogP contribution in [-0.2, 0) is 9.53 Å². The van der Waals surface area contributed by atoms with Gasteiger partial charge in [0.15, 0.2) is 4.80 Å². The maximum Gasteiger partial charge on any atom is 0.338 e. The van der Waals surface area contributed by atoms with Crippen molar-refractivity contribution in [2.75, 3.05) is 13.7 Å². The fourth-order valence-corrected chi connectivity index (χ4v) is 5.70. The zero-order chi connectivity index (χ0) is 25.3. The van der Waals surface area contributed by atoms with Gasteiger partial charge in [0.2, 0.25) is 0 Å². The zero-order valence-corrected chi connectivity index (χ0v) is 22.7. The van der Waals surface area contributed by atoms with Gasteiger partial charge in [-0.25, -0.2) is 9.79 Å². The van der Waals surface area contributed by atoms with E-state index < -0.39 is 12.0 Å². The highest BCUT2D eigenvalue weighted by Gasteiger charge is 2.33. The number of hydrogen-bond donors (Lipinski definition) is 0. The molecule has 0 N–H and O–H groups in total. The summed E-state index contributed by atoms with van der Waals surface area (Å²) in [7, 11) is 1.61. The number of allylic oxidation sites excluding steroid dienone is 1. The van der Waals surface area contributed by atoms with Crippen LogP contribution in [0.4, 0.5) is 0 Å². The number of nitrogens with zero attached hydrogens (tertiary/aromatic N) is 2. The molecule has 0 bridgehead atoms. The van der Waals surface area contributed by atoms with E-state index in [1.807, 2.05) is 48.5 Å². The van der Waals surface area contributed by atoms with Gasteiger partial charge in [-0.15, -0.1) is 0 Å². The molecule has 0 amide bonds. The highest BCUT2D eigenvalue weighted by Crippen LogP contribution is 2.31. The van der Waals surface area contributed by atoms with E-state index in [0.717, 1.165) is 15.6 Å². The van der Waals surface area contributed by atoms with Crippen molar-refractivity contribution < 1.29 is 14.3 Å². The minimum absolute atomic E-state index is 0.201. The number of rotatable bonds is 6. The van der Waals surface area contributed by atoms with Crippen molar-refractivity contribution >= 4 is 39.3 Å². The van der Waals surface area contributed by atoms with E-state index in [4.69, 9.17) is 9.47 Å². The highest BCUT2D eigenvalue weighted by molar-refractivity contribution is 9.10. The predicted molar refractivity (Wildman–Crippen MR) is 142 cm³/mol. The molecule has 1 aliphatic rings. The normalized spacial score (nSPS) is 15.7. The van der Waals surface area contributed by atoms with Gasteiger partial charge < -0.3 is 9.47 Å². The van der Waals surface area contributed by atoms with Gasteiger partial charge in [-0.05, 0) is 70.6 Å². The molecule has 35 heavy (non-hydrogen) atoms.